The molecule has 3 aliphatic rings. The van der Waals surface area contributed by atoms with E-state index in [2.05, 4.69) is 48.4 Å². The topological polar surface area (TPSA) is 29.2 Å². The summed E-state index contributed by atoms with van der Waals surface area (Å²) in [5, 5.41) is 0. The number of nitrogens with zero attached hydrogens (tertiary/aromatic N) is 1. The van der Waals surface area contributed by atoms with Crippen LogP contribution in [0.2, 0.25) is 0 Å². The maximum Gasteiger partial charge on any atom is 0.226 e. The Morgan fingerprint density at radius 2 is 1.87 bits per heavy atom. The highest BCUT2D eigenvalue weighted by Gasteiger charge is 2.30. The molecule has 1 heterocycles. The molecule has 4 rings (SSSR count). The summed E-state index contributed by atoms with van der Waals surface area (Å²) in [4.78, 5) is 19.3. The van der Waals surface area contributed by atoms with Gasteiger partial charge >= 0.3 is 0 Å². The molecule has 164 valence electrons. The highest BCUT2D eigenvalue weighted by Crippen LogP contribution is 2.28. The van der Waals surface area contributed by atoms with Crippen LogP contribution in [0.15, 0.2) is 36.4 Å². The molecule has 2 N–H and O–H groups in total. The highest BCUT2D eigenvalue weighted by atomic mass is 16.2. The van der Waals surface area contributed by atoms with Crippen LogP contribution in [0.4, 0.5) is 0 Å². The van der Waals surface area contributed by atoms with Crippen molar-refractivity contribution in [3.63, 3.8) is 0 Å². The molecule has 2 aliphatic carbocycles. The van der Waals surface area contributed by atoms with Gasteiger partial charge in [-0.05, 0) is 55.6 Å². The molecule has 0 saturated carbocycles. The fraction of sp³-hybridized carbons (Fsp3) is 0.654. The summed E-state index contributed by atoms with van der Waals surface area (Å²) in [6, 6.07) is 8.72. The number of carbonyl (C=O) groups is 1. The van der Waals surface area contributed by atoms with Crippen molar-refractivity contribution in [1.29, 1.82) is 0 Å². The first-order valence-corrected chi connectivity index (χ1v) is 12.3. The van der Waals surface area contributed by atoms with Gasteiger partial charge in [-0.2, -0.15) is 0 Å². The number of allylic oxidation sites excluding steroid dienone is 2. The Morgan fingerprint density at radius 3 is 2.63 bits per heavy atom. The monoisotopic (exact) mass is 411 g/mol. The number of fused-ring (bicyclic) bond motifs is 1. The first kappa shape index (κ1) is 21.6. The van der Waals surface area contributed by atoms with Gasteiger partial charge in [0.15, 0.2) is 0 Å². The lowest BCUT2D eigenvalue weighted by Gasteiger charge is -2.34. The van der Waals surface area contributed by atoms with Crippen LogP contribution in [-0.2, 0) is 17.6 Å². The Kier molecular flexibility index (Phi) is 7.62. The van der Waals surface area contributed by atoms with Crippen LogP contribution in [0.25, 0.3) is 0 Å². The maximum atomic E-state index is 13.6. The number of quaternary nitrogens is 2. The predicted molar refractivity (Wildman–Crippen MR) is 122 cm³/mol. The number of hydrogen-bond donors (Lipinski definition) is 2. The van der Waals surface area contributed by atoms with Crippen molar-refractivity contribution in [3.05, 3.63) is 47.5 Å². The van der Waals surface area contributed by atoms with Gasteiger partial charge in [0.1, 0.15) is 26.2 Å². The van der Waals surface area contributed by atoms with E-state index < -0.39 is 0 Å². The second kappa shape index (κ2) is 10.6. The van der Waals surface area contributed by atoms with Crippen molar-refractivity contribution in [2.75, 3.05) is 52.9 Å². The summed E-state index contributed by atoms with van der Waals surface area (Å²) in [7, 11) is 2.30. The minimum atomic E-state index is 0.179. The van der Waals surface area contributed by atoms with Crippen LogP contribution >= 0.6 is 0 Å². The maximum absolute atomic E-state index is 13.6. The van der Waals surface area contributed by atoms with Crippen molar-refractivity contribution < 1.29 is 14.6 Å². The lowest BCUT2D eigenvalue weighted by atomic mass is 9.83. The molecule has 0 spiro atoms. The van der Waals surface area contributed by atoms with Crippen LogP contribution in [0.5, 0.6) is 0 Å². The molecule has 1 aliphatic heterocycles. The van der Waals surface area contributed by atoms with Gasteiger partial charge in [0.25, 0.3) is 0 Å². The largest absolute Gasteiger partial charge is 0.342 e. The van der Waals surface area contributed by atoms with Gasteiger partial charge < -0.3 is 14.7 Å². The van der Waals surface area contributed by atoms with E-state index in [1.54, 1.807) is 9.80 Å². The van der Waals surface area contributed by atoms with Crippen LogP contribution in [0.1, 0.15) is 43.2 Å². The Morgan fingerprint density at radius 1 is 1.07 bits per heavy atom. The summed E-state index contributed by atoms with van der Waals surface area (Å²) in [6.07, 6.45) is 12.3. The van der Waals surface area contributed by atoms with Crippen LogP contribution < -0.4 is 9.80 Å². The van der Waals surface area contributed by atoms with E-state index in [-0.39, 0.29) is 5.92 Å². The third-order valence-corrected chi connectivity index (χ3v) is 7.63. The molecule has 0 unspecified atom stereocenters. The molecular formula is C26H41N3O+2. The van der Waals surface area contributed by atoms with E-state index in [4.69, 9.17) is 0 Å². The zero-order valence-electron chi connectivity index (χ0n) is 18.9. The minimum absolute atomic E-state index is 0.179. The fourth-order valence-electron chi connectivity index (χ4n) is 5.59. The van der Waals surface area contributed by atoms with E-state index in [0.29, 0.717) is 11.8 Å². The van der Waals surface area contributed by atoms with Gasteiger partial charge in [0.2, 0.25) is 5.91 Å². The number of carbonyl (C=O) groups excluding carboxylic acids is 1. The van der Waals surface area contributed by atoms with Crippen molar-refractivity contribution >= 4 is 5.91 Å². The second-order valence-corrected chi connectivity index (χ2v) is 9.95. The van der Waals surface area contributed by atoms with Gasteiger partial charge in [-0.1, -0.05) is 36.4 Å². The van der Waals surface area contributed by atoms with Gasteiger partial charge in [-0.25, -0.2) is 0 Å². The van der Waals surface area contributed by atoms with Crippen molar-refractivity contribution in [3.8, 4) is 0 Å². The summed E-state index contributed by atoms with van der Waals surface area (Å²) in [6.45, 7) is 8.27. The van der Waals surface area contributed by atoms with Crippen molar-refractivity contribution in [1.82, 2.24) is 4.90 Å². The molecule has 0 radical (unpaired) electrons. The molecule has 2 atom stereocenters. The molecule has 4 heteroatoms. The summed E-state index contributed by atoms with van der Waals surface area (Å²) in [5.74, 6) is 1.25. The third kappa shape index (κ3) is 5.73. The van der Waals surface area contributed by atoms with E-state index >= 15 is 0 Å². The lowest BCUT2D eigenvalue weighted by molar-refractivity contribution is -1.00. The number of aryl methyl sites for hydroxylation is 1. The van der Waals surface area contributed by atoms with Crippen molar-refractivity contribution in [2.24, 2.45) is 11.8 Å². The molecule has 0 bridgehead atoms. The number of hydrogen-bond acceptors (Lipinski definition) is 1. The summed E-state index contributed by atoms with van der Waals surface area (Å²) < 4.78 is 0. The Bertz CT molecular complexity index is 723. The minimum Gasteiger partial charge on any atom is -0.342 e. The highest BCUT2D eigenvalue weighted by molar-refractivity contribution is 5.79. The molecule has 1 fully saturated rings. The zero-order valence-corrected chi connectivity index (χ0v) is 18.9. The molecule has 4 nitrogen and oxygen atoms in total. The second-order valence-electron chi connectivity index (χ2n) is 9.95. The van der Waals surface area contributed by atoms with Gasteiger partial charge in [-0.15, -0.1) is 0 Å². The average Bonchev–Trinajstić information content (AvgIpc) is 2.79. The smallest absolute Gasteiger partial charge is 0.226 e. The molecule has 30 heavy (non-hydrogen) atoms. The number of piperazine rings is 1. The van der Waals surface area contributed by atoms with Crippen molar-refractivity contribution in [2.45, 2.75) is 44.9 Å². The van der Waals surface area contributed by atoms with Gasteiger partial charge in [0.05, 0.1) is 13.6 Å². The fourth-order valence-corrected chi connectivity index (χ4v) is 5.59. The zero-order chi connectivity index (χ0) is 20.8. The Balaban J connectivity index is 1.35. The quantitative estimate of drug-likeness (QED) is 0.638. The SMILES string of the molecule is C[NH+]1CC[NH+](CCCN(C[C@@H]2CC=CCC2)C(=O)[C@H]2CCc3ccccc3C2)CC1. The Labute approximate surface area is 182 Å². The predicted octanol–water partition coefficient (Wildman–Crippen LogP) is 0.780. The molecule has 0 aromatic heterocycles. The summed E-state index contributed by atoms with van der Waals surface area (Å²) >= 11 is 0. The third-order valence-electron chi connectivity index (χ3n) is 7.63. The van der Waals surface area contributed by atoms with Crippen LogP contribution in [0.3, 0.4) is 0 Å². The first-order valence-electron chi connectivity index (χ1n) is 12.3. The Hall–Kier alpha value is -1.65. The normalized spacial score (nSPS) is 28.7. The van der Waals surface area contributed by atoms with E-state index in [0.717, 1.165) is 45.2 Å². The lowest BCUT2D eigenvalue weighted by Crippen LogP contribution is -3.27. The molecular weight excluding hydrogens is 370 g/mol. The number of likely N-dealkylation sites (N-methyl/N-ethyl adjacent to an activating group) is 1. The van der Waals surface area contributed by atoms with Crippen LogP contribution in [0, 0.1) is 11.8 Å². The van der Waals surface area contributed by atoms with Gasteiger partial charge in [-0.3, -0.25) is 4.79 Å². The van der Waals surface area contributed by atoms with E-state index in [9.17, 15) is 4.79 Å². The molecule has 1 aromatic carbocycles. The molecule has 1 amide bonds. The molecule has 1 saturated heterocycles. The standard InChI is InChI=1S/C26H39N3O/c1-27-16-18-28(19-17-27)14-7-15-29(21-22-8-3-2-4-9-22)26(30)25-13-12-23-10-5-6-11-24(23)20-25/h2-3,5-6,10-11,22,25H,4,7-9,12-21H2,1H3/p+2/t22-,25+/m1/s1. The number of nitrogens with one attached hydrogen (secondary N) is 2. The van der Waals surface area contributed by atoms with E-state index in [1.165, 1.54) is 56.7 Å². The number of rotatable bonds is 7. The van der Waals surface area contributed by atoms with Crippen LogP contribution in [-0.4, -0.2) is 63.7 Å². The first-order chi connectivity index (χ1) is 14.7. The number of benzene rings is 1. The number of amides is 1. The van der Waals surface area contributed by atoms with Gasteiger partial charge in [0, 0.05) is 25.4 Å². The summed E-state index contributed by atoms with van der Waals surface area (Å²) in [5.41, 5.74) is 2.85. The molecule has 1 aromatic rings. The van der Waals surface area contributed by atoms with E-state index in [1.807, 2.05) is 0 Å². The average molecular weight is 412 g/mol.